The predicted molar refractivity (Wildman–Crippen MR) is 153 cm³/mol. The third kappa shape index (κ3) is 4.51. The summed E-state index contributed by atoms with van der Waals surface area (Å²) >= 11 is 0. The number of aryl methyl sites for hydroxylation is 1. The number of H-pyrrole nitrogens is 1. The predicted octanol–water partition coefficient (Wildman–Crippen LogP) is 6.39. The highest BCUT2D eigenvalue weighted by atomic mass is 19.1. The van der Waals surface area contributed by atoms with E-state index >= 15 is 0 Å². The highest BCUT2D eigenvalue weighted by Gasteiger charge is 2.28. The van der Waals surface area contributed by atoms with E-state index in [2.05, 4.69) is 20.9 Å². The van der Waals surface area contributed by atoms with Crippen LogP contribution in [0.1, 0.15) is 49.3 Å². The average Bonchev–Trinajstić information content (AvgIpc) is 3.56. The second kappa shape index (κ2) is 9.65. The van der Waals surface area contributed by atoms with Gasteiger partial charge in [-0.25, -0.2) is 9.37 Å². The molecule has 7 rings (SSSR count). The Bertz CT molecular complexity index is 1740. The van der Waals surface area contributed by atoms with Crippen molar-refractivity contribution >= 4 is 10.9 Å². The van der Waals surface area contributed by atoms with E-state index < -0.39 is 0 Å². The molecule has 0 bridgehead atoms. The van der Waals surface area contributed by atoms with Crippen LogP contribution in [-0.4, -0.2) is 37.1 Å². The van der Waals surface area contributed by atoms with Crippen LogP contribution in [0.25, 0.3) is 39.1 Å². The maximum atomic E-state index is 14.3. The van der Waals surface area contributed by atoms with E-state index in [9.17, 15) is 9.18 Å². The molecule has 1 N–H and O–H groups in total. The summed E-state index contributed by atoms with van der Waals surface area (Å²) in [6.07, 6.45) is 11.7. The first kappa shape index (κ1) is 24.1. The Morgan fingerprint density at radius 3 is 2.64 bits per heavy atom. The number of aromatic nitrogens is 4. The van der Waals surface area contributed by atoms with Gasteiger partial charge in [0.1, 0.15) is 17.2 Å². The molecule has 3 aromatic heterocycles. The maximum Gasteiger partial charge on any atom is 0.279 e. The zero-order valence-corrected chi connectivity index (χ0v) is 22.2. The molecule has 0 atom stereocenters. The number of fused-ring (bicyclic) bond motifs is 1. The Balaban J connectivity index is 1.32. The zero-order chi connectivity index (χ0) is 26.5. The van der Waals surface area contributed by atoms with E-state index in [-0.39, 0.29) is 11.4 Å². The van der Waals surface area contributed by atoms with E-state index in [4.69, 9.17) is 0 Å². The summed E-state index contributed by atoms with van der Waals surface area (Å²) < 4.78 is 18.0. The Morgan fingerprint density at radius 2 is 1.87 bits per heavy atom. The van der Waals surface area contributed by atoms with Crippen molar-refractivity contribution < 1.29 is 4.39 Å². The molecule has 198 valence electrons. The molecule has 2 aromatic carbocycles. The lowest BCUT2D eigenvalue weighted by Crippen LogP contribution is -2.29. The zero-order valence-electron chi connectivity index (χ0n) is 22.2. The summed E-state index contributed by atoms with van der Waals surface area (Å²) in [6.45, 7) is 3.09. The molecule has 1 saturated carbocycles. The van der Waals surface area contributed by atoms with Gasteiger partial charge in [-0.2, -0.15) is 0 Å². The number of hydrogen-bond donors (Lipinski definition) is 1. The summed E-state index contributed by atoms with van der Waals surface area (Å²) in [5.41, 5.74) is 6.29. The van der Waals surface area contributed by atoms with Crippen LogP contribution in [0, 0.1) is 5.82 Å². The Morgan fingerprint density at radius 1 is 1.03 bits per heavy atom. The van der Waals surface area contributed by atoms with Gasteiger partial charge >= 0.3 is 0 Å². The standard InChI is InChI=1S/C32H32FN5O/c1-36-15-12-34-31(36)28-17-23(33)10-11-26(28)22-6-5-7-25(16-22)38-20-29(21-8-9-21)27-18-24(35-30(27)32(38)39)19-37-13-3-2-4-14-37/h5-7,10-12,15-18,20-21,35H,2-4,8-9,13-14,19H2,1H3. The molecular formula is C32H32FN5O. The summed E-state index contributed by atoms with van der Waals surface area (Å²) in [7, 11) is 1.90. The van der Waals surface area contributed by atoms with Gasteiger partial charge in [0.05, 0.1) is 0 Å². The third-order valence-corrected chi connectivity index (χ3v) is 8.22. The number of piperidine rings is 1. The van der Waals surface area contributed by atoms with Gasteiger partial charge in [0.2, 0.25) is 0 Å². The van der Waals surface area contributed by atoms with Crippen molar-refractivity contribution in [2.24, 2.45) is 7.05 Å². The molecule has 7 heteroatoms. The average molecular weight is 522 g/mol. The SMILES string of the molecule is Cn1ccnc1-c1cc(F)ccc1-c1cccc(-n2cc(C3CC3)c3cc(CN4CCCCC4)[nH]c3c2=O)c1. The van der Waals surface area contributed by atoms with Crippen LogP contribution < -0.4 is 5.56 Å². The second-order valence-corrected chi connectivity index (χ2v) is 11.1. The number of imidazole rings is 1. The van der Waals surface area contributed by atoms with Crippen molar-refractivity contribution in [2.75, 3.05) is 13.1 Å². The van der Waals surface area contributed by atoms with Crippen molar-refractivity contribution in [3.8, 4) is 28.2 Å². The minimum atomic E-state index is -0.309. The molecule has 0 unspecified atom stereocenters. The topological polar surface area (TPSA) is 58.9 Å². The number of rotatable bonds is 6. The van der Waals surface area contributed by atoms with E-state index in [0.717, 1.165) is 60.4 Å². The molecule has 2 aliphatic rings. The Labute approximate surface area is 226 Å². The largest absolute Gasteiger partial charge is 0.353 e. The highest BCUT2D eigenvalue weighted by Crippen LogP contribution is 2.43. The van der Waals surface area contributed by atoms with E-state index in [1.807, 2.05) is 48.3 Å². The van der Waals surface area contributed by atoms with Gasteiger partial charge < -0.3 is 9.55 Å². The van der Waals surface area contributed by atoms with Crippen molar-refractivity contribution in [2.45, 2.75) is 44.6 Å². The van der Waals surface area contributed by atoms with Gasteiger partial charge in [0, 0.05) is 54.5 Å². The first-order valence-electron chi connectivity index (χ1n) is 13.9. The second-order valence-electron chi connectivity index (χ2n) is 11.1. The Kier molecular flexibility index (Phi) is 5.96. The lowest BCUT2D eigenvalue weighted by molar-refractivity contribution is 0.219. The van der Waals surface area contributed by atoms with E-state index in [1.54, 1.807) is 16.8 Å². The van der Waals surface area contributed by atoms with Crippen molar-refractivity contribution in [3.63, 3.8) is 0 Å². The molecule has 1 aliphatic carbocycles. The fourth-order valence-electron chi connectivity index (χ4n) is 6.05. The number of nitrogens with zero attached hydrogens (tertiary/aromatic N) is 4. The number of hydrogen-bond acceptors (Lipinski definition) is 3. The molecule has 39 heavy (non-hydrogen) atoms. The number of pyridine rings is 1. The molecule has 0 radical (unpaired) electrons. The highest BCUT2D eigenvalue weighted by molar-refractivity contribution is 5.85. The smallest absolute Gasteiger partial charge is 0.279 e. The Hall–Kier alpha value is -3.97. The molecule has 2 fully saturated rings. The van der Waals surface area contributed by atoms with Crippen LogP contribution in [0.2, 0.25) is 0 Å². The fraction of sp³-hybridized carbons (Fsp3) is 0.312. The van der Waals surface area contributed by atoms with Crippen molar-refractivity contribution in [3.05, 3.63) is 94.5 Å². The van der Waals surface area contributed by atoms with Gasteiger partial charge in [-0.15, -0.1) is 0 Å². The van der Waals surface area contributed by atoms with Crippen LogP contribution in [0.3, 0.4) is 0 Å². The number of aromatic amines is 1. The molecule has 6 nitrogen and oxygen atoms in total. The quantitative estimate of drug-likeness (QED) is 0.282. The molecule has 1 aliphatic heterocycles. The molecule has 0 spiro atoms. The minimum Gasteiger partial charge on any atom is -0.353 e. The molecule has 4 heterocycles. The van der Waals surface area contributed by atoms with Gasteiger partial charge in [0.15, 0.2) is 0 Å². The normalized spacial score (nSPS) is 16.3. The summed E-state index contributed by atoms with van der Waals surface area (Å²) in [5, 5.41) is 1.07. The summed E-state index contributed by atoms with van der Waals surface area (Å²) in [6, 6.07) is 14.9. The molecule has 5 aromatic rings. The van der Waals surface area contributed by atoms with Crippen LogP contribution in [0.5, 0.6) is 0 Å². The van der Waals surface area contributed by atoms with Crippen LogP contribution in [-0.2, 0) is 13.6 Å². The third-order valence-electron chi connectivity index (χ3n) is 8.22. The van der Waals surface area contributed by atoms with E-state index in [1.165, 1.54) is 37.0 Å². The first-order valence-corrected chi connectivity index (χ1v) is 13.9. The van der Waals surface area contributed by atoms with E-state index in [0.29, 0.717) is 22.8 Å². The first-order chi connectivity index (χ1) is 19.0. The lowest BCUT2D eigenvalue weighted by Gasteiger charge is -2.25. The van der Waals surface area contributed by atoms with Crippen molar-refractivity contribution in [1.82, 2.24) is 24.0 Å². The van der Waals surface area contributed by atoms with Crippen LogP contribution >= 0.6 is 0 Å². The molecule has 0 amide bonds. The van der Waals surface area contributed by atoms with Crippen molar-refractivity contribution in [1.29, 1.82) is 0 Å². The monoisotopic (exact) mass is 521 g/mol. The van der Waals surface area contributed by atoms with Gasteiger partial charge in [-0.05, 0) is 91.7 Å². The van der Waals surface area contributed by atoms with Gasteiger partial charge in [-0.3, -0.25) is 14.3 Å². The van der Waals surface area contributed by atoms with Gasteiger partial charge in [-0.1, -0.05) is 24.6 Å². The summed E-state index contributed by atoms with van der Waals surface area (Å²) in [5.74, 6) is 0.876. The number of likely N-dealkylation sites (tertiary alicyclic amines) is 1. The number of benzene rings is 2. The minimum absolute atomic E-state index is 0.0418. The number of halogens is 1. The molecular weight excluding hydrogens is 489 g/mol. The van der Waals surface area contributed by atoms with Crippen LogP contribution in [0.15, 0.2) is 71.9 Å². The lowest BCUT2D eigenvalue weighted by atomic mass is 9.98. The maximum absolute atomic E-state index is 14.3. The summed E-state index contributed by atoms with van der Waals surface area (Å²) in [4.78, 5) is 24.3. The van der Waals surface area contributed by atoms with Crippen LogP contribution in [0.4, 0.5) is 4.39 Å². The molecule has 1 saturated heterocycles. The fourth-order valence-corrected chi connectivity index (χ4v) is 6.05. The van der Waals surface area contributed by atoms with Gasteiger partial charge in [0.25, 0.3) is 5.56 Å². The number of nitrogens with one attached hydrogen (secondary N) is 1.